The predicted octanol–water partition coefficient (Wildman–Crippen LogP) is 2.45. The average molecular weight is 423 g/mol. The third-order valence-electron chi connectivity index (χ3n) is 6.26. The highest BCUT2D eigenvalue weighted by Crippen LogP contribution is 2.15. The first-order chi connectivity index (χ1) is 15.0. The molecule has 1 N–H and O–H groups in total. The maximum atomic E-state index is 12.7. The molecule has 7 nitrogen and oxygen atoms in total. The first-order valence-electron chi connectivity index (χ1n) is 11.2. The molecule has 0 saturated carbocycles. The van der Waals surface area contributed by atoms with Crippen molar-refractivity contribution in [2.75, 3.05) is 45.8 Å². The van der Waals surface area contributed by atoms with Crippen LogP contribution in [0.4, 0.5) is 0 Å². The normalized spacial score (nSPS) is 17.2. The summed E-state index contributed by atoms with van der Waals surface area (Å²) in [7, 11) is 0. The number of rotatable bonds is 6. The highest BCUT2D eigenvalue weighted by Gasteiger charge is 2.25. The van der Waals surface area contributed by atoms with Crippen LogP contribution in [0.1, 0.15) is 56.5 Å². The molecule has 0 unspecified atom stereocenters. The fourth-order valence-electron chi connectivity index (χ4n) is 4.24. The van der Waals surface area contributed by atoms with Crippen LogP contribution in [0.3, 0.4) is 0 Å². The summed E-state index contributed by atoms with van der Waals surface area (Å²) in [6.45, 7) is 6.49. The molecule has 2 aromatic rings. The van der Waals surface area contributed by atoms with Gasteiger partial charge in [0, 0.05) is 56.6 Å². The second-order valence-electron chi connectivity index (χ2n) is 8.34. The van der Waals surface area contributed by atoms with E-state index < -0.39 is 0 Å². The fourth-order valence-corrected chi connectivity index (χ4v) is 4.24. The number of aromatic amines is 1. The molecule has 164 valence electrons. The number of aryl methyl sites for hydroxylation is 1. The number of amides is 2. The molecule has 2 amide bonds. The molecule has 31 heavy (non-hydrogen) atoms. The summed E-state index contributed by atoms with van der Waals surface area (Å²) in [5, 5.41) is 0. The largest absolute Gasteiger partial charge is 0.356 e. The molecule has 1 aromatic carbocycles. The average Bonchev–Trinajstić information content (AvgIpc) is 3.51. The van der Waals surface area contributed by atoms with Crippen molar-refractivity contribution in [2.24, 2.45) is 0 Å². The van der Waals surface area contributed by atoms with E-state index in [0.29, 0.717) is 49.5 Å². The lowest BCUT2D eigenvalue weighted by atomic mass is 10.1. The summed E-state index contributed by atoms with van der Waals surface area (Å²) >= 11 is 0. The zero-order valence-corrected chi connectivity index (χ0v) is 18.1. The van der Waals surface area contributed by atoms with Gasteiger partial charge in [0.1, 0.15) is 5.69 Å². The number of aromatic nitrogens is 1. The smallest absolute Gasteiger partial charge is 0.270 e. The van der Waals surface area contributed by atoms with Crippen LogP contribution in [-0.4, -0.2) is 83.1 Å². The Balaban J connectivity index is 1.28. The van der Waals surface area contributed by atoms with E-state index in [1.807, 2.05) is 34.1 Å². The molecule has 0 radical (unpaired) electrons. The first-order valence-corrected chi connectivity index (χ1v) is 11.2. The minimum atomic E-state index is -0.0318. The number of hydrogen-bond donors (Lipinski definition) is 1. The molecule has 1 aromatic heterocycles. The lowest BCUT2D eigenvalue weighted by Crippen LogP contribution is -2.49. The molecule has 2 aliphatic rings. The number of piperazine rings is 1. The lowest BCUT2D eigenvalue weighted by Gasteiger charge is -2.34. The summed E-state index contributed by atoms with van der Waals surface area (Å²) in [6.07, 6.45) is 4.66. The Morgan fingerprint density at radius 1 is 0.839 bits per heavy atom. The minimum Gasteiger partial charge on any atom is -0.356 e. The highest BCUT2D eigenvalue weighted by molar-refractivity contribution is 6.01. The van der Waals surface area contributed by atoms with Crippen molar-refractivity contribution in [1.29, 1.82) is 0 Å². The zero-order chi connectivity index (χ0) is 21.8. The third-order valence-corrected chi connectivity index (χ3v) is 6.26. The van der Waals surface area contributed by atoms with Crippen LogP contribution in [0, 0.1) is 0 Å². The van der Waals surface area contributed by atoms with Gasteiger partial charge in [-0.15, -0.1) is 0 Å². The van der Waals surface area contributed by atoms with E-state index >= 15 is 0 Å². The number of H-pyrrole nitrogens is 1. The van der Waals surface area contributed by atoms with Crippen LogP contribution < -0.4 is 0 Å². The van der Waals surface area contributed by atoms with E-state index in [1.54, 1.807) is 12.3 Å². The van der Waals surface area contributed by atoms with Crippen molar-refractivity contribution >= 4 is 17.6 Å². The second-order valence-corrected chi connectivity index (χ2v) is 8.34. The van der Waals surface area contributed by atoms with Gasteiger partial charge in [0.2, 0.25) is 0 Å². The fraction of sp³-hybridized carbons (Fsp3) is 0.458. The number of carbonyl (C=O) groups excluding carboxylic acids is 3. The van der Waals surface area contributed by atoms with E-state index in [1.165, 1.54) is 5.56 Å². The summed E-state index contributed by atoms with van der Waals surface area (Å²) < 4.78 is 0. The van der Waals surface area contributed by atoms with Gasteiger partial charge in [0.25, 0.3) is 11.8 Å². The van der Waals surface area contributed by atoms with Gasteiger partial charge >= 0.3 is 0 Å². The van der Waals surface area contributed by atoms with Gasteiger partial charge in [-0.3, -0.25) is 19.3 Å². The molecule has 0 aliphatic carbocycles. The van der Waals surface area contributed by atoms with Crippen molar-refractivity contribution in [2.45, 2.75) is 26.2 Å². The molecule has 2 fully saturated rings. The molecule has 3 heterocycles. The molecule has 0 bridgehead atoms. The summed E-state index contributed by atoms with van der Waals surface area (Å²) in [6, 6.07) is 9.46. The first kappa shape index (κ1) is 21.3. The molecular weight excluding hydrogens is 392 g/mol. The number of benzene rings is 1. The number of carbonyl (C=O) groups is 3. The van der Waals surface area contributed by atoms with Gasteiger partial charge in [0.05, 0.1) is 6.54 Å². The Morgan fingerprint density at radius 3 is 2.13 bits per heavy atom. The monoisotopic (exact) mass is 422 g/mol. The Kier molecular flexibility index (Phi) is 6.51. The Bertz CT molecular complexity index is 936. The van der Waals surface area contributed by atoms with Gasteiger partial charge in [0.15, 0.2) is 5.78 Å². The number of likely N-dealkylation sites (tertiary alicyclic amines) is 1. The predicted molar refractivity (Wildman–Crippen MR) is 118 cm³/mol. The molecule has 4 rings (SSSR count). The highest BCUT2D eigenvalue weighted by atomic mass is 16.2. The summed E-state index contributed by atoms with van der Waals surface area (Å²) in [5.41, 5.74) is 2.95. The Hall–Kier alpha value is -2.93. The maximum absolute atomic E-state index is 12.7. The van der Waals surface area contributed by atoms with E-state index in [9.17, 15) is 14.4 Å². The van der Waals surface area contributed by atoms with Crippen LogP contribution >= 0.6 is 0 Å². The molecular formula is C24H30N4O3. The van der Waals surface area contributed by atoms with Crippen molar-refractivity contribution in [3.05, 3.63) is 58.9 Å². The lowest BCUT2D eigenvalue weighted by molar-refractivity contribution is 0.0624. The van der Waals surface area contributed by atoms with E-state index in [4.69, 9.17) is 0 Å². The zero-order valence-electron chi connectivity index (χ0n) is 18.1. The van der Waals surface area contributed by atoms with E-state index in [-0.39, 0.29) is 17.6 Å². The summed E-state index contributed by atoms with van der Waals surface area (Å²) in [5.74, 6) is 0.00614. The molecule has 2 saturated heterocycles. The number of nitrogens with one attached hydrogen (secondary N) is 1. The number of hydrogen-bond acceptors (Lipinski definition) is 4. The standard InChI is InChI=1S/C24H30N4O3/c1-2-18-5-7-19(8-6-18)23(30)28-13-11-26(12-14-28)17-22(29)20-15-21(25-16-20)24(31)27-9-3-4-10-27/h5-8,15-16,25H,2-4,9-14,17H2,1H3. The van der Waals surface area contributed by atoms with Crippen LogP contribution in [0.2, 0.25) is 0 Å². The van der Waals surface area contributed by atoms with Gasteiger partial charge in [-0.1, -0.05) is 19.1 Å². The molecule has 2 aliphatic heterocycles. The van der Waals surface area contributed by atoms with E-state index in [2.05, 4.69) is 16.8 Å². The van der Waals surface area contributed by atoms with Gasteiger partial charge in [-0.2, -0.15) is 0 Å². The number of Topliss-reactive ketones (excluding diaryl/α,β-unsaturated/α-hetero) is 1. The number of ketones is 1. The van der Waals surface area contributed by atoms with Crippen molar-refractivity contribution in [1.82, 2.24) is 19.7 Å². The Morgan fingerprint density at radius 2 is 1.48 bits per heavy atom. The van der Waals surface area contributed by atoms with Crippen molar-refractivity contribution < 1.29 is 14.4 Å². The van der Waals surface area contributed by atoms with Crippen LogP contribution in [0.5, 0.6) is 0 Å². The van der Waals surface area contributed by atoms with Crippen molar-refractivity contribution in [3.8, 4) is 0 Å². The van der Waals surface area contributed by atoms with Crippen LogP contribution in [-0.2, 0) is 6.42 Å². The van der Waals surface area contributed by atoms with Gasteiger partial charge < -0.3 is 14.8 Å². The molecule has 0 spiro atoms. The van der Waals surface area contributed by atoms with Crippen molar-refractivity contribution in [3.63, 3.8) is 0 Å². The topological polar surface area (TPSA) is 76.7 Å². The van der Waals surface area contributed by atoms with Crippen LogP contribution in [0.25, 0.3) is 0 Å². The van der Waals surface area contributed by atoms with Gasteiger partial charge in [-0.05, 0) is 43.0 Å². The minimum absolute atomic E-state index is 0.00773. The van der Waals surface area contributed by atoms with Crippen LogP contribution in [0.15, 0.2) is 36.5 Å². The summed E-state index contributed by atoms with van der Waals surface area (Å²) in [4.78, 5) is 46.6. The third kappa shape index (κ3) is 4.88. The van der Waals surface area contributed by atoms with Gasteiger partial charge in [-0.25, -0.2) is 0 Å². The SMILES string of the molecule is CCc1ccc(C(=O)N2CCN(CC(=O)c3c[nH]c(C(=O)N4CCCC4)c3)CC2)cc1. The molecule has 0 atom stereocenters. The quantitative estimate of drug-likeness (QED) is 0.726. The Labute approximate surface area is 183 Å². The number of nitrogens with zero attached hydrogens (tertiary/aromatic N) is 3. The molecule has 7 heteroatoms. The van der Waals surface area contributed by atoms with E-state index in [0.717, 1.165) is 32.4 Å². The second kappa shape index (κ2) is 9.47. The maximum Gasteiger partial charge on any atom is 0.270 e.